The number of aromatic nitrogens is 1. The van der Waals surface area contributed by atoms with Gasteiger partial charge in [-0.2, -0.15) is 0 Å². The summed E-state index contributed by atoms with van der Waals surface area (Å²) >= 11 is 3.19. The number of nitrogens with zero attached hydrogens (tertiary/aromatic N) is 3. The molecule has 0 saturated carbocycles. The number of hydrogen-bond donors (Lipinski definition) is 2. The third-order valence-corrected chi connectivity index (χ3v) is 5.36. The molecule has 1 saturated heterocycles. The zero-order valence-electron chi connectivity index (χ0n) is 11.5. The normalized spacial score (nSPS) is 16.1. The van der Waals surface area contributed by atoms with E-state index in [1.807, 2.05) is 23.7 Å². The highest BCUT2D eigenvalue weighted by atomic mass is 32.1. The van der Waals surface area contributed by atoms with Crippen LogP contribution < -0.4 is 16.2 Å². The van der Waals surface area contributed by atoms with Gasteiger partial charge < -0.3 is 4.90 Å². The molecule has 8 heteroatoms. The molecule has 0 bridgehead atoms. The Morgan fingerprint density at radius 3 is 2.81 bits per heavy atom. The zero-order valence-corrected chi connectivity index (χ0v) is 13.1. The maximum absolute atomic E-state index is 11.4. The van der Waals surface area contributed by atoms with Crippen LogP contribution in [0.5, 0.6) is 0 Å². The van der Waals surface area contributed by atoms with E-state index in [2.05, 4.69) is 20.2 Å². The molecule has 1 amide bonds. The number of thiazole rings is 1. The molecule has 1 aliphatic heterocycles. The standard InChI is InChI=1S/C13H17N5OS2/c14-16-12(19)11-2-1-10(21-11)9-17-4-6-18(7-5-17)13-15-3-8-20-13/h1-3,8H,4-7,9,14H2,(H,16,19). The molecule has 3 N–H and O–H groups in total. The van der Waals surface area contributed by atoms with E-state index in [-0.39, 0.29) is 5.91 Å². The molecule has 0 aromatic carbocycles. The predicted molar refractivity (Wildman–Crippen MR) is 85.6 cm³/mol. The Kier molecular flexibility index (Phi) is 4.49. The quantitative estimate of drug-likeness (QED) is 0.501. The minimum atomic E-state index is -0.222. The largest absolute Gasteiger partial charge is 0.346 e. The van der Waals surface area contributed by atoms with E-state index < -0.39 is 0 Å². The summed E-state index contributed by atoms with van der Waals surface area (Å²) in [4.78, 5) is 22.4. The monoisotopic (exact) mass is 323 g/mol. The Labute approximate surface area is 131 Å². The topological polar surface area (TPSA) is 74.5 Å². The first-order chi connectivity index (χ1) is 10.3. The Bertz CT molecular complexity index is 589. The van der Waals surface area contributed by atoms with Gasteiger partial charge in [0, 0.05) is 49.2 Å². The summed E-state index contributed by atoms with van der Waals surface area (Å²) in [5.74, 6) is 4.92. The van der Waals surface area contributed by atoms with Crippen molar-refractivity contribution in [3.63, 3.8) is 0 Å². The van der Waals surface area contributed by atoms with Crippen molar-refractivity contribution in [1.82, 2.24) is 15.3 Å². The van der Waals surface area contributed by atoms with Gasteiger partial charge in [-0.25, -0.2) is 10.8 Å². The second-order valence-corrected chi connectivity index (χ2v) is 6.86. The minimum Gasteiger partial charge on any atom is -0.346 e. The second-order valence-electron chi connectivity index (χ2n) is 4.82. The highest BCUT2D eigenvalue weighted by molar-refractivity contribution is 7.14. The van der Waals surface area contributed by atoms with Crippen LogP contribution in [0.25, 0.3) is 0 Å². The number of rotatable bonds is 4. The molecule has 3 rings (SSSR count). The lowest BCUT2D eigenvalue weighted by atomic mass is 10.3. The molecule has 0 atom stereocenters. The lowest BCUT2D eigenvalue weighted by Gasteiger charge is -2.34. The summed E-state index contributed by atoms with van der Waals surface area (Å²) in [5.41, 5.74) is 2.17. The molecular formula is C13H17N5OS2. The minimum absolute atomic E-state index is 0.222. The van der Waals surface area contributed by atoms with Crippen molar-refractivity contribution in [3.05, 3.63) is 33.5 Å². The van der Waals surface area contributed by atoms with Gasteiger partial charge in [-0.3, -0.25) is 15.1 Å². The molecule has 112 valence electrons. The van der Waals surface area contributed by atoms with Crippen LogP contribution in [0.15, 0.2) is 23.7 Å². The average Bonchev–Trinajstić information content (AvgIpc) is 3.18. The Morgan fingerprint density at radius 1 is 1.33 bits per heavy atom. The summed E-state index contributed by atoms with van der Waals surface area (Å²) in [6.45, 7) is 4.89. The van der Waals surface area contributed by atoms with Gasteiger partial charge in [0.2, 0.25) is 0 Å². The summed E-state index contributed by atoms with van der Waals surface area (Å²) in [6, 6.07) is 3.83. The van der Waals surface area contributed by atoms with Crippen molar-refractivity contribution in [2.24, 2.45) is 5.84 Å². The first-order valence-corrected chi connectivity index (χ1v) is 8.42. The van der Waals surface area contributed by atoms with Crippen LogP contribution >= 0.6 is 22.7 Å². The number of anilines is 1. The number of nitrogens with one attached hydrogen (secondary N) is 1. The van der Waals surface area contributed by atoms with Crippen LogP contribution in [0.3, 0.4) is 0 Å². The van der Waals surface area contributed by atoms with Crippen molar-refractivity contribution in [3.8, 4) is 0 Å². The summed E-state index contributed by atoms with van der Waals surface area (Å²) in [7, 11) is 0. The van der Waals surface area contributed by atoms with Gasteiger partial charge in [-0.1, -0.05) is 0 Å². The van der Waals surface area contributed by atoms with Crippen molar-refractivity contribution < 1.29 is 4.79 Å². The van der Waals surface area contributed by atoms with Gasteiger partial charge in [-0.15, -0.1) is 22.7 Å². The predicted octanol–water partition coefficient (Wildman–Crippen LogP) is 1.13. The number of carbonyl (C=O) groups is 1. The van der Waals surface area contributed by atoms with Crippen LogP contribution in [0.2, 0.25) is 0 Å². The van der Waals surface area contributed by atoms with E-state index >= 15 is 0 Å². The third kappa shape index (κ3) is 3.41. The number of piperazine rings is 1. The van der Waals surface area contributed by atoms with E-state index in [1.54, 1.807) is 11.3 Å². The van der Waals surface area contributed by atoms with Crippen molar-refractivity contribution in [2.75, 3.05) is 31.1 Å². The zero-order chi connectivity index (χ0) is 14.7. The molecule has 0 radical (unpaired) electrons. The fourth-order valence-corrected chi connectivity index (χ4v) is 4.00. The smallest absolute Gasteiger partial charge is 0.275 e. The van der Waals surface area contributed by atoms with Gasteiger partial charge in [0.15, 0.2) is 5.13 Å². The summed E-state index contributed by atoms with van der Waals surface area (Å²) in [6.07, 6.45) is 1.85. The van der Waals surface area contributed by atoms with Gasteiger partial charge in [-0.05, 0) is 12.1 Å². The number of hydrogen-bond acceptors (Lipinski definition) is 7. The van der Waals surface area contributed by atoms with Crippen LogP contribution in [-0.4, -0.2) is 42.0 Å². The van der Waals surface area contributed by atoms with Crippen LogP contribution in [0, 0.1) is 0 Å². The fourth-order valence-electron chi connectivity index (χ4n) is 2.35. The molecule has 21 heavy (non-hydrogen) atoms. The molecule has 0 unspecified atom stereocenters. The van der Waals surface area contributed by atoms with Gasteiger partial charge in [0.05, 0.1) is 4.88 Å². The van der Waals surface area contributed by atoms with Crippen molar-refractivity contribution in [1.29, 1.82) is 0 Å². The van der Waals surface area contributed by atoms with E-state index in [0.29, 0.717) is 4.88 Å². The number of carbonyl (C=O) groups excluding carboxylic acids is 1. The molecule has 0 spiro atoms. The maximum Gasteiger partial charge on any atom is 0.275 e. The molecule has 6 nitrogen and oxygen atoms in total. The van der Waals surface area contributed by atoms with Crippen LogP contribution in [0.4, 0.5) is 5.13 Å². The third-order valence-electron chi connectivity index (χ3n) is 3.46. The molecule has 0 aliphatic carbocycles. The average molecular weight is 323 g/mol. The fraction of sp³-hybridized carbons (Fsp3) is 0.385. The van der Waals surface area contributed by atoms with E-state index in [0.717, 1.165) is 37.9 Å². The number of thiophene rings is 1. The molecule has 2 aromatic rings. The van der Waals surface area contributed by atoms with Crippen molar-refractivity contribution >= 4 is 33.7 Å². The summed E-state index contributed by atoms with van der Waals surface area (Å²) < 4.78 is 0. The highest BCUT2D eigenvalue weighted by Crippen LogP contribution is 2.22. The van der Waals surface area contributed by atoms with E-state index in [1.165, 1.54) is 16.2 Å². The maximum atomic E-state index is 11.4. The number of nitrogen functional groups attached to an aromatic ring is 1. The Morgan fingerprint density at radius 2 is 2.14 bits per heavy atom. The first kappa shape index (κ1) is 14.5. The van der Waals surface area contributed by atoms with Crippen molar-refractivity contribution in [2.45, 2.75) is 6.54 Å². The van der Waals surface area contributed by atoms with Gasteiger partial charge >= 0.3 is 0 Å². The molecule has 2 aromatic heterocycles. The van der Waals surface area contributed by atoms with Gasteiger partial charge in [0.25, 0.3) is 5.91 Å². The Hall–Kier alpha value is -1.48. The van der Waals surface area contributed by atoms with Crippen LogP contribution in [0.1, 0.15) is 14.5 Å². The van der Waals surface area contributed by atoms with Gasteiger partial charge in [0.1, 0.15) is 0 Å². The first-order valence-electron chi connectivity index (χ1n) is 6.72. The Balaban J connectivity index is 1.53. The lowest BCUT2D eigenvalue weighted by Crippen LogP contribution is -2.45. The number of amides is 1. The lowest BCUT2D eigenvalue weighted by molar-refractivity contribution is 0.0957. The van der Waals surface area contributed by atoms with E-state index in [9.17, 15) is 4.79 Å². The molecule has 3 heterocycles. The summed E-state index contributed by atoms with van der Waals surface area (Å²) in [5, 5.41) is 3.12. The van der Waals surface area contributed by atoms with Crippen LogP contribution in [-0.2, 0) is 6.54 Å². The second kappa shape index (κ2) is 6.52. The number of hydrazine groups is 1. The molecular weight excluding hydrogens is 306 g/mol. The number of nitrogens with two attached hydrogens (primary N) is 1. The highest BCUT2D eigenvalue weighted by Gasteiger charge is 2.19. The van der Waals surface area contributed by atoms with E-state index in [4.69, 9.17) is 5.84 Å². The molecule has 1 aliphatic rings. The SMILES string of the molecule is NNC(=O)c1ccc(CN2CCN(c3nccs3)CC2)s1. The molecule has 1 fully saturated rings.